The zero-order valence-corrected chi connectivity index (χ0v) is 17.4. The van der Waals surface area contributed by atoms with E-state index in [1.165, 1.54) is 11.3 Å². The molecule has 1 aliphatic rings. The average Bonchev–Trinajstić information content (AvgIpc) is 3.31. The summed E-state index contributed by atoms with van der Waals surface area (Å²) in [6.45, 7) is 6.20. The molecule has 1 aliphatic heterocycles. The highest BCUT2D eigenvalue weighted by Crippen LogP contribution is 2.30. The summed E-state index contributed by atoms with van der Waals surface area (Å²) in [6, 6.07) is 6.64. The summed E-state index contributed by atoms with van der Waals surface area (Å²) >= 11 is 2.98. The largest absolute Gasteiger partial charge is 0.497 e. The van der Waals surface area contributed by atoms with Gasteiger partial charge in [-0.3, -0.25) is 9.59 Å². The van der Waals surface area contributed by atoms with Gasteiger partial charge in [-0.25, -0.2) is 4.98 Å². The SMILES string of the molecule is COc1ccc(NC(=O)C2CSCN2C(=O)c2cnc(C(C)(C)C)s2)cc1. The van der Waals surface area contributed by atoms with Crippen LogP contribution in [0.15, 0.2) is 30.5 Å². The molecule has 0 aliphatic carbocycles. The van der Waals surface area contributed by atoms with Gasteiger partial charge in [0.1, 0.15) is 16.7 Å². The number of nitrogens with zero attached hydrogens (tertiary/aromatic N) is 2. The number of rotatable bonds is 4. The molecule has 1 aromatic heterocycles. The third-order valence-electron chi connectivity index (χ3n) is 4.16. The van der Waals surface area contributed by atoms with E-state index in [9.17, 15) is 9.59 Å². The number of methoxy groups -OCH3 is 1. The van der Waals surface area contributed by atoms with Gasteiger partial charge in [-0.05, 0) is 24.3 Å². The number of hydrogen-bond acceptors (Lipinski definition) is 6. The Morgan fingerprint density at radius 1 is 1.26 bits per heavy atom. The maximum atomic E-state index is 12.9. The zero-order valence-electron chi connectivity index (χ0n) is 15.8. The predicted octanol–water partition coefficient (Wildman–Crippen LogP) is 3.60. The fourth-order valence-electron chi connectivity index (χ4n) is 2.62. The van der Waals surface area contributed by atoms with Gasteiger partial charge in [-0.15, -0.1) is 23.1 Å². The van der Waals surface area contributed by atoms with Crippen LogP contribution >= 0.6 is 23.1 Å². The quantitative estimate of drug-likeness (QED) is 0.841. The molecule has 1 saturated heterocycles. The van der Waals surface area contributed by atoms with E-state index in [1.807, 2.05) is 0 Å². The van der Waals surface area contributed by atoms with Crippen molar-refractivity contribution in [1.82, 2.24) is 9.88 Å². The molecule has 2 amide bonds. The van der Waals surface area contributed by atoms with Crippen molar-refractivity contribution in [3.05, 3.63) is 40.3 Å². The standard InChI is InChI=1S/C19H23N3O3S2/c1-19(2,3)18-20-9-15(27-18)17(24)22-11-26-10-14(22)16(23)21-12-5-7-13(25-4)8-6-12/h5-9,14H,10-11H2,1-4H3,(H,21,23). The predicted molar refractivity (Wildman–Crippen MR) is 110 cm³/mol. The molecule has 144 valence electrons. The molecule has 1 aromatic carbocycles. The summed E-state index contributed by atoms with van der Waals surface area (Å²) in [7, 11) is 1.59. The van der Waals surface area contributed by atoms with Crippen molar-refractivity contribution in [2.75, 3.05) is 24.1 Å². The van der Waals surface area contributed by atoms with E-state index in [0.29, 0.717) is 22.2 Å². The molecule has 27 heavy (non-hydrogen) atoms. The number of benzene rings is 1. The van der Waals surface area contributed by atoms with E-state index in [4.69, 9.17) is 4.74 Å². The van der Waals surface area contributed by atoms with Crippen LogP contribution in [-0.2, 0) is 10.2 Å². The number of anilines is 1. The minimum Gasteiger partial charge on any atom is -0.497 e. The lowest BCUT2D eigenvalue weighted by atomic mass is 9.98. The molecule has 0 bridgehead atoms. The molecule has 8 heteroatoms. The molecule has 0 spiro atoms. The van der Waals surface area contributed by atoms with Crippen molar-refractivity contribution in [3.63, 3.8) is 0 Å². The summed E-state index contributed by atoms with van der Waals surface area (Å²) in [5.41, 5.74) is 0.576. The third-order valence-corrected chi connectivity index (χ3v) is 6.58. The highest BCUT2D eigenvalue weighted by Gasteiger charge is 2.36. The van der Waals surface area contributed by atoms with Crippen molar-refractivity contribution in [2.24, 2.45) is 0 Å². The number of hydrogen-bond donors (Lipinski definition) is 1. The first kappa shape index (κ1) is 19.7. The van der Waals surface area contributed by atoms with E-state index in [0.717, 1.165) is 10.8 Å². The number of thioether (sulfide) groups is 1. The van der Waals surface area contributed by atoms with E-state index in [-0.39, 0.29) is 17.2 Å². The van der Waals surface area contributed by atoms with Gasteiger partial charge < -0.3 is 15.0 Å². The molecule has 1 atom stereocenters. The Morgan fingerprint density at radius 2 is 1.96 bits per heavy atom. The van der Waals surface area contributed by atoms with E-state index in [2.05, 4.69) is 31.1 Å². The Labute approximate surface area is 167 Å². The molecule has 6 nitrogen and oxygen atoms in total. The number of ether oxygens (including phenoxy) is 1. The number of nitrogens with one attached hydrogen (secondary N) is 1. The smallest absolute Gasteiger partial charge is 0.266 e. The molecule has 0 radical (unpaired) electrons. The van der Waals surface area contributed by atoms with Crippen molar-refractivity contribution in [1.29, 1.82) is 0 Å². The van der Waals surface area contributed by atoms with Gasteiger partial charge in [0.25, 0.3) is 5.91 Å². The molecule has 2 heterocycles. The van der Waals surface area contributed by atoms with Gasteiger partial charge in [0.05, 0.1) is 24.2 Å². The molecule has 2 aromatic rings. The van der Waals surface area contributed by atoms with Crippen LogP contribution in [0.2, 0.25) is 0 Å². The number of carbonyl (C=O) groups excluding carboxylic acids is 2. The van der Waals surface area contributed by atoms with Gasteiger partial charge in [-0.2, -0.15) is 0 Å². The van der Waals surface area contributed by atoms with Crippen LogP contribution in [0.25, 0.3) is 0 Å². The summed E-state index contributed by atoms with van der Waals surface area (Å²) in [5.74, 6) is 1.49. The lowest BCUT2D eigenvalue weighted by Crippen LogP contribution is -2.44. The number of thiazole rings is 1. The van der Waals surface area contributed by atoms with Gasteiger partial charge in [0.15, 0.2) is 0 Å². The second kappa shape index (κ2) is 7.90. The summed E-state index contributed by atoms with van der Waals surface area (Å²) in [6.07, 6.45) is 1.62. The lowest BCUT2D eigenvalue weighted by molar-refractivity contribution is -0.119. The Bertz CT molecular complexity index is 827. The second-order valence-electron chi connectivity index (χ2n) is 7.29. The Balaban J connectivity index is 1.71. The average molecular weight is 406 g/mol. The first-order valence-electron chi connectivity index (χ1n) is 8.59. The summed E-state index contributed by atoms with van der Waals surface area (Å²) in [4.78, 5) is 32.2. The van der Waals surface area contributed by atoms with Crippen LogP contribution in [0, 0.1) is 0 Å². The van der Waals surface area contributed by atoms with Crippen LogP contribution in [0.5, 0.6) is 5.75 Å². The van der Waals surface area contributed by atoms with Crippen LogP contribution in [0.1, 0.15) is 35.5 Å². The van der Waals surface area contributed by atoms with Crippen molar-refractivity contribution < 1.29 is 14.3 Å². The van der Waals surface area contributed by atoms with E-state index >= 15 is 0 Å². The first-order chi connectivity index (χ1) is 12.8. The van der Waals surface area contributed by atoms with Crippen LogP contribution in [-0.4, -0.2) is 46.5 Å². The topological polar surface area (TPSA) is 71.5 Å². The fourth-order valence-corrected chi connectivity index (χ4v) is 4.70. The fraction of sp³-hybridized carbons (Fsp3) is 0.421. The van der Waals surface area contributed by atoms with E-state index < -0.39 is 6.04 Å². The van der Waals surface area contributed by atoms with Gasteiger partial charge in [0, 0.05) is 16.9 Å². The maximum Gasteiger partial charge on any atom is 0.266 e. The van der Waals surface area contributed by atoms with Crippen molar-refractivity contribution in [3.8, 4) is 5.75 Å². The Kier molecular flexibility index (Phi) is 5.76. The molecule has 1 N–H and O–H groups in total. The Hall–Kier alpha value is -2.06. The molecule has 1 unspecified atom stereocenters. The minimum absolute atomic E-state index is 0.103. The van der Waals surface area contributed by atoms with Gasteiger partial charge in [0.2, 0.25) is 5.91 Å². The van der Waals surface area contributed by atoms with Gasteiger partial charge in [-0.1, -0.05) is 20.8 Å². The molecular formula is C19H23N3O3S2. The minimum atomic E-state index is -0.496. The molecular weight excluding hydrogens is 382 g/mol. The summed E-state index contributed by atoms with van der Waals surface area (Å²) in [5, 5.41) is 3.80. The van der Waals surface area contributed by atoms with Crippen LogP contribution in [0.3, 0.4) is 0 Å². The zero-order chi connectivity index (χ0) is 19.6. The number of aromatic nitrogens is 1. The first-order valence-corrected chi connectivity index (χ1v) is 10.6. The van der Waals surface area contributed by atoms with Crippen molar-refractivity contribution >= 4 is 40.6 Å². The Morgan fingerprint density at radius 3 is 2.56 bits per heavy atom. The monoisotopic (exact) mass is 405 g/mol. The number of amides is 2. The second-order valence-corrected chi connectivity index (χ2v) is 9.32. The summed E-state index contributed by atoms with van der Waals surface area (Å²) < 4.78 is 5.12. The van der Waals surface area contributed by atoms with Gasteiger partial charge >= 0.3 is 0 Å². The molecule has 1 fully saturated rings. The van der Waals surface area contributed by atoms with Crippen LogP contribution in [0.4, 0.5) is 5.69 Å². The van der Waals surface area contributed by atoms with Crippen LogP contribution < -0.4 is 10.1 Å². The third kappa shape index (κ3) is 4.44. The lowest BCUT2D eigenvalue weighted by Gasteiger charge is -2.22. The van der Waals surface area contributed by atoms with E-state index in [1.54, 1.807) is 54.2 Å². The maximum absolute atomic E-state index is 12.9. The molecule has 3 rings (SSSR count). The normalized spacial score (nSPS) is 17.0. The highest BCUT2D eigenvalue weighted by molar-refractivity contribution is 7.99. The van der Waals surface area contributed by atoms with Crippen molar-refractivity contribution in [2.45, 2.75) is 32.2 Å². The highest BCUT2D eigenvalue weighted by atomic mass is 32.2. The number of carbonyl (C=O) groups is 2. The molecule has 0 saturated carbocycles.